The van der Waals surface area contributed by atoms with Gasteiger partial charge < -0.3 is 10.4 Å². The third-order valence-electron chi connectivity index (χ3n) is 2.87. The predicted molar refractivity (Wildman–Crippen MR) is 66.0 cm³/mol. The number of halogens is 2. The van der Waals surface area contributed by atoms with Crippen LogP contribution in [0.25, 0.3) is 0 Å². The molecule has 1 saturated carbocycles. The molecule has 0 aromatic carbocycles. The van der Waals surface area contributed by atoms with Gasteiger partial charge in [0.25, 0.3) is 5.91 Å². The molecule has 1 aliphatic rings. The molecular weight excluding hydrogens is 285 g/mol. The fourth-order valence-electron chi connectivity index (χ4n) is 1.70. The number of carbonyl (C=O) groups is 2. The van der Waals surface area contributed by atoms with Crippen LogP contribution in [0.2, 0.25) is 8.67 Å². The van der Waals surface area contributed by atoms with E-state index in [1.165, 1.54) is 6.07 Å². The quantitative estimate of drug-likeness (QED) is 0.900. The zero-order chi connectivity index (χ0) is 12.6. The molecule has 0 spiro atoms. The third-order valence-corrected chi connectivity index (χ3v) is 4.36. The van der Waals surface area contributed by atoms with Gasteiger partial charge in [-0.3, -0.25) is 4.79 Å². The SMILES string of the molecule is O=C(NC1(C(=O)O)CCC1)c1cc(Cl)sc1Cl. The highest BCUT2D eigenvalue weighted by atomic mass is 35.5. The lowest BCUT2D eigenvalue weighted by Crippen LogP contribution is -2.59. The van der Waals surface area contributed by atoms with Gasteiger partial charge in [0.05, 0.1) is 9.90 Å². The van der Waals surface area contributed by atoms with Gasteiger partial charge in [0.15, 0.2) is 0 Å². The van der Waals surface area contributed by atoms with E-state index in [1.54, 1.807) is 0 Å². The van der Waals surface area contributed by atoms with Gasteiger partial charge in [-0.1, -0.05) is 23.2 Å². The maximum absolute atomic E-state index is 11.9. The first kappa shape index (κ1) is 12.7. The topological polar surface area (TPSA) is 66.4 Å². The summed E-state index contributed by atoms with van der Waals surface area (Å²) in [5, 5.41) is 11.6. The Bertz CT molecular complexity index is 482. The Morgan fingerprint density at radius 3 is 2.41 bits per heavy atom. The minimum absolute atomic E-state index is 0.231. The minimum atomic E-state index is -1.13. The maximum atomic E-state index is 11.9. The van der Waals surface area contributed by atoms with Crippen LogP contribution in [0.15, 0.2) is 6.07 Å². The Morgan fingerprint density at radius 1 is 1.41 bits per heavy atom. The van der Waals surface area contributed by atoms with Gasteiger partial charge in [0.1, 0.15) is 9.88 Å². The Kier molecular flexibility index (Phi) is 3.34. The van der Waals surface area contributed by atoms with Gasteiger partial charge in [0.2, 0.25) is 0 Å². The highest BCUT2D eigenvalue weighted by molar-refractivity contribution is 7.20. The second-order valence-electron chi connectivity index (χ2n) is 3.93. The summed E-state index contributed by atoms with van der Waals surface area (Å²) in [5.74, 6) is -1.49. The van der Waals surface area contributed by atoms with Crippen molar-refractivity contribution in [3.63, 3.8) is 0 Å². The van der Waals surface area contributed by atoms with Gasteiger partial charge in [-0.25, -0.2) is 4.79 Å². The molecule has 2 N–H and O–H groups in total. The molecule has 0 saturated heterocycles. The first-order valence-electron chi connectivity index (χ1n) is 4.95. The molecule has 1 aromatic heterocycles. The van der Waals surface area contributed by atoms with E-state index in [0.717, 1.165) is 17.8 Å². The number of carboxylic acid groups (broad SMARTS) is 1. The molecule has 0 atom stereocenters. The molecule has 1 aromatic rings. The van der Waals surface area contributed by atoms with E-state index >= 15 is 0 Å². The molecule has 1 aliphatic carbocycles. The molecule has 1 amide bonds. The van der Waals surface area contributed by atoms with Crippen LogP contribution in [0.5, 0.6) is 0 Å². The van der Waals surface area contributed by atoms with Crippen molar-refractivity contribution in [3.8, 4) is 0 Å². The van der Waals surface area contributed by atoms with Crippen molar-refractivity contribution in [3.05, 3.63) is 20.3 Å². The summed E-state index contributed by atoms with van der Waals surface area (Å²) < 4.78 is 0.672. The van der Waals surface area contributed by atoms with Gasteiger partial charge >= 0.3 is 5.97 Å². The number of amides is 1. The van der Waals surface area contributed by atoms with Crippen LogP contribution in [-0.4, -0.2) is 22.5 Å². The van der Waals surface area contributed by atoms with Crippen LogP contribution < -0.4 is 5.32 Å². The molecule has 92 valence electrons. The molecule has 1 heterocycles. The summed E-state index contributed by atoms with van der Waals surface area (Å²) in [4.78, 5) is 23.0. The summed E-state index contributed by atoms with van der Waals surface area (Å²) in [5.41, 5.74) is -0.899. The smallest absolute Gasteiger partial charge is 0.329 e. The van der Waals surface area contributed by atoms with Crippen LogP contribution in [0.3, 0.4) is 0 Å². The highest BCUT2D eigenvalue weighted by Crippen LogP contribution is 2.35. The van der Waals surface area contributed by atoms with Crippen LogP contribution in [0, 0.1) is 0 Å². The number of nitrogens with one attached hydrogen (secondary N) is 1. The largest absolute Gasteiger partial charge is 0.480 e. The Labute approximate surface area is 112 Å². The van der Waals surface area contributed by atoms with Crippen LogP contribution >= 0.6 is 34.5 Å². The van der Waals surface area contributed by atoms with Crippen molar-refractivity contribution in [1.82, 2.24) is 5.32 Å². The summed E-state index contributed by atoms with van der Waals surface area (Å²) in [6, 6.07) is 1.44. The molecule has 2 rings (SSSR count). The summed E-state index contributed by atoms with van der Waals surface area (Å²) >= 11 is 12.6. The van der Waals surface area contributed by atoms with Crippen molar-refractivity contribution >= 4 is 46.4 Å². The second kappa shape index (κ2) is 4.48. The van der Waals surface area contributed by atoms with Gasteiger partial charge in [-0.05, 0) is 25.3 Å². The lowest BCUT2D eigenvalue weighted by Gasteiger charge is -2.38. The molecule has 0 bridgehead atoms. The molecule has 0 radical (unpaired) electrons. The second-order valence-corrected chi connectivity index (χ2v) is 6.22. The number of thiophene rings is 1. The Morgan fingerprint density at radius 2 is 2.06 bits per heavy atom. The van der Waals surface area contributed by atoms with Crippen molar-refractivity contribution in [2.75, 3.05) is 0 Å². The minimum Gasteiger partial charge on any atom is -0.480 e. The molecule has 0 aliphatic heterocycles. The fraction of sp³-hybridized carbons (Fsp3) is 0.400. The Balaban J connectivity index is 2.17. The lowest BCUT2D eigenvalue weighted by molar-refractivity contribution is -0.148. The van der Waals surface area contributed by atoms with Gasteiger partial charge in [-0.2, -0.15) is 0 Å². The first-order chi connectivity index (χ1) is 7.94. The summed E-state index contributed by atoms with van der Waals surface area (Å²) in [6.45, 7) is 0. The summed E-state index contributed by atoms with van der Waals surface area (Å²) in [6.07, 6.45) is 1.69. The average Bonchev–Trinajstić information content (AvgIpc) is 2.50. The van der Waals surface area contributed by atoms with Crippen LogP contribution in [-0.2, 0) is 4.79 Å². The molecule has 1 fully saturated rings. The summed E-state index contributed by atoms with van der Waals surface area (Å²) in [7, 11) is 0. The van der Waals surface area contributed by atoms with Crippen molar-refractivity contribution in [2.45, 2.75) is 24.8 Å². The molecule has 7 heteroatoms. The highest BCUT2D eigenvalue weighted by Gasteiger charge is 2.46. The number of carbonyl (C=O) groups excluding carboxylic acids is 1. The van der Waals surface area contributed by atoms with E-state index in [9.17, 15) is 9.59 Å². The standard InChI is InChI=1S/C10H9Cl2NO3S/c11-6-4-5(7(12)17-6)8(14)13-10(9(15)16)2-1-3-10/h4H,1-3H2,(H,13,14)(H,15,16). The molecule has 0 unspecified atom stereocenters. The molecular formula is C10H9Cl2NO3S. The zero-order valence-electron chi connectivity index (χ0n) is 8.63. The van der Waals surface area contributed by atoms with E-state index in [-0.39, 0.29) is 9.90 Å². The predicted octanol–water partition coefficient (Wildman–Crippen LogP) is 2.79. The molecule has 4 nitrogen and oxygen atoms in total. The monoisotopic (exact) mass is 293 g/mol. The normalized spacial score (nSPS) is 17.3. The van der Waals surface area contributed by atoms with Crippen LogP contribution in [0.4, 0.5) is 0 Å². The third kappa shape index (κ3) is 2.27. The van der Waals surface area contributed by atoms with Gasteiger partial charge in [-0.15, -0.1) is 11.3 Å². The fourth-order valence-corrected chi connectivity index (χ4v) is 3.16. The van der Waals surface area contributed by atoms with Crippen molar-refractivity contribution < 1.29 is 14.7 Å². The van der Waals surface area contributed by atoms with Gasteiger partial charge in [0, 0.05) is 0 Å². The van der Waals surface area contributed by atoms with Crippen molar-refractivity contribution in [2.24, 2.45) is 0 Å². The van der Waals surface area contributed by atoms with Crippen molar-refractivity contribution in [1.29, 1.82) is 0 Å². The number of aliphatic carboxylic acids is 1. The van der Waals surface area contributed by atoms with E-state index in [0.29, 0.717) is 17.2 Å². The van der Waals surface area contributed by atoms with E-state index in [1.807, 2.05) is 0 Å². The maximum Gasteiger partial charge on any atom is 0.329 e. The number of hydrogen-bond donors (Lipinski definition) is 2. The number of carboxylic acids is 1. The average molecular weight is 294 g/mol. The zero-order valence-corrected chi connectivity index (χ0v) is 11.0. The van der Waals surface area contributed by atoms with E-state index in [4.69, 9.17) is 28.3 Å². The van der Waals surface area contributed by atoms with E-state index < -0.39 is 17.4 Å². The Hall–Kier alpha value is -0.780. The number of hydrogen-bond acceptors (Lipinski definition) is 3. The first-order valence-corrected chi connectivity index (χ1v) is 6.52. The lowest BCUT2D eigenvalue weighted by atomic mass is 9.76. The number of rotatable bonds is 3. The van der Waals surface area contributed by atoms with Crippen LogP contribution in [0.1, 0.15) is 29.6 Å². The molecule has 17 heavy (non-hydrogen) atoms. The van der Waals surface area contributed by atoms with E-state index in [2.05, 4.69) is 5.32 Å².